The fourth-order valence-electron chi connectivity index (χ4n) is 3.20. The van der Waals surface area contributed by atoms with Crippen LogP contribution in [0.5, 0.6) is 0 Å². The molecule has 120 valence electrons. The second kappa shape index (κ2) is 5.96. The molecule has 0 amide bonds. The number of aromatic nitrogens is 1. The predicted molar refractivity (Wildman–Crippen MR) is 94.4 cm³/mol. The van der Waals surface area contributed by atoms with E-state index in [1.165, 1.54) is 5.69 Å². The number of fused-ring (bicyclic) bond motifs is 3. The van der Waals surface area contributed by atoms with Crippen molar-refractivity contribution in [3.63, 3.8) is 0 Å². The summed E-state index contributed by atoms with van der Waals surface area (Å²) in [5, 5.41) is 5.33. The molecule has 0 atom stereocenters. The number of nitrogens with zero attached hydrogens (tertiary/aromatic N) is 1. The summed E-state index contributed by atoms with van der Waals surface area (Å²) in [6, 6.07) is 15.5. The summed E-state index contributed by atoms with van der Waals surface area (Å²) in [6.07, 6.45) is 2.81. The molecule has 4 nitrogen and oxygen atoms in total. The summed E-state index contributed by atoms with van der Waals surface area (Å²) >= 11 is 0. The highest BCUT2D eigenvalue weighted by Gasteiger charge is 2.21. The largest absolute Gasteiger partial charge is 0.365 e. The van der Waals surface area contributed by atoms with E-state index < -0.39 is 5.97 Å². The van der Waals surface area contributed by atoms with Gasteiger partial charge in [-0.1, -0.05) is 41.1 Å². The number of para-hydroxylation sites is 1. The molecule has 1 aliphatic carbocycles. The second-order valence-electron chi connectivity index (χ2n) is 6.16. The van der Waals surface area contributed by atoms with Crippen molar-refractivity contribution in [3.05, 3.63) is 70.9 Å². The molecular weight excluding hydrogens is 300 g/mol. The number of H-pyrrole nitrogens is 1. The number of hydrogen-bond donors (Lipinski definition) is 1. The standard InChI is InChI=1S/C20H18N2O2/c1-13-9-11-14(12-10-13)20(23)24-22-18-8-4-7-17-19(18)15-5-2-3-6-16(15)21-17/h2-3,5-6,9-12,21H,4,7-8H2,1H3. The molecule has 1 aromatic heterocycles. The molecule has 0 unspecified atom stereocenters. The van der Waals surface area contributed by atoms with E-state index in [0.717, 1.165) is 47.0 Å². The fourth-order valence-corrected chi connectivity index (χ4v) is 3.20. The van der Waals surface area contributed by atoms with E-state index in [4.69, 9.17) is 4.84 Å². The molecule has 4 rings (SSSR count). The topological polar surface area (TPSA) is 54.4 Å². The Kier molecular flexibility index (Phi) is 3.65. The molecule has 1 heterocycles. The maximum absolute atomic E-state index is 12.2. The third-order valence-electron chi connectivity index (χ3n) is 4.44. The van der Waals surface area contributed by atoms with Gasteiger partial charge in [-0.3, -0.25) is 0 Å². The van der Waals surface area contributed by atoms with Gasteiger partial charge in [0.25, 0.3) is 0 Å². The highest BCUT2D eigenvalue weighted by Crippen LogP contribution is 2.29. The smallest absolute Gasteiger partial charge is 0.358 e. The Morgan fingerprint density at radius 2 is 1.88 bits per heavy atom. The van der Waals surface area contributed by atoms with Crippen molar-refractivity contribution < 1.29 is 9.63 Å². The molecule has 0 spiro atoms. The van der Waals surface area contributed by atoms with Crippen LogP contribution in [-0.2, 0) is 11.3 Å². The van der Waals surface area contributed by atoms with Crippen molar-refractivity contribution in [2.75, 3.05) is 0 Å². The van der Waals surface area contributed by atoms with E-state index in [0.29, 0.717) is 5.56 Å². The van der Waals surface area contributed by atoms with Crippen molar-refractivity contribution in [2.45, 2.75) is 26.2 Å². The average molecular weight is 318 g/mol. The maximum atomic E-state index is 12.2. The van der Waals surface area contributed by atoms with Crippen LogP contribution >= 0.6 is 0 Å². The summed E-state index contributed by atoms with van der Waals surface area (Å²) in [4.78, 5) is 20.8. The van der Waals surface area contributed by atoms with E-state index in [-0.39, 0.29) is 0 Å². The molecule has 0 aliphatic heterocycles. The molecule has 0 fully saturated rings. The van der Waals surface area contributed by atoms with Crippen LogP contribution in [0, 0.1) is 6.92 Å². The van der Waals surface area contributed by atoms with Gasteiger partial charge in [-0.15, -0.1) is 0 Å². The second-order valence-corrected chi connectivity index (χ2v) is 6.16. The minimum atomic E-state index is -0.422. The first kappa shape index (κ1) is 14.7. The molecule has 0 radical (unpaired) electrons. The van der Waals surface area contributed by atoms with Crippen molar-refractivity contribution in [2.24, 2.45) is 5.16 Å². The number of benzene rings is 2. The van der Waals surface area contributed by atoms with Crippen LogP contribution in [-0.4, -0.2) is 16.7 Å². The number of carbonyl (C=O) groups is 1. The van der Waals surface area contributed by atoms with E-state index in [9.17, 15) is 4.79 Å². The van der Waals surface area contributed by atoms with E-state index in [2.05, 4.69) is 22.3 Å². The maximum Gasteiger partial charge on any atom is 0.365 e. The van der Waals surface area contributed by atoms with Gasteiger partial charge in [-0.05, 0) is 44.4 Å². The Hall–Kier alpha value is -2.88. The first-order chi connectivity index (χ1) is 11.7. The highest BCUT2D eigenvalue weighted by atomic mass is 16.7. The van der Waals surface area contributed by atoms with Crippen LogP contribution in [0.15, 0.2) is 53.7 Å². The molecular formula is C20H18N2O2. The molecule has 0 bridgehead atoms. The predicted octanol–water partition coefficient (Wildman–Crippen LogP) is 4.37. The molecule has 1 N–H and O–H groups in total. The van der Waals surface area contributed by atoms with Gasteiger partial charge in [0.2, 0.25) is 0 Å². The molecule has 0 saturated heterocycles. The van der Waals surface area contributed by atoms with Crippen molar-refractivity contribution in [3.8, 4) is 0 Å². The number of oxime groups is 1. The zero-order valence-corrected chi connectivity index (χ0v) is 13.5. The molecule has 3 aromatic rings. The summed E-state index contributed by atoms with van der Waals surface area (Å²) < 4.78 is 0. The molecule has 0 saturated carbocycles. The number of nitrogens with one attached hydrogen (secondary N) is 1. The van der Waals surface area contributed by atoms with E-state index in [1.807, 2.05) is 31.2 Å². The quantitative estimate of drug-likeness (QED) is 0.563. The van der Waals surface area contributed by atoms with E-state index >= 15 is 0 Å². The lowest BCUT2D eigenvalue weighted by Gasteiger charge is -2.13. The van der Waals surface area contributed by atoms with Crippen LogP contribution in [0.25, 0.3) is 10.9 Å². The third-order valence-corrected chi connectivity index (χ3v) is 4.44. The molecule has 24 heavy (non-hydrogen) atoms. The minimum Gasteiger partial charge on any atom is -0.358 e. The van der Waals surface area contributed by atoms with Crippen molar-refractivity contribution in [1.82, 2.24) is 4.98 Å². The Balaban J connectivity index is 1.65. The minimum absolute atomic E-state index is 0.422. The van der Waals surface area contributed by atoms with Crippen LogP contribution < -0.4 is 0 Å². The Bertz CT molecular complexity index is 936. The van der Waals surface area contributed by atoms with Crippen LogP contribution in [0.3, 0.4) is 0 Å². The Morgan fingerprint density at radius 1 is 1.08 bits per heavy atom. The SMILES string of the molecule is Cc1ccc(C(=O)ON=C2CCCc3[nH]c4ccccc4c32)cc1. The number of aromatic amines is 1. The fraction of sp³-hybridized carbons (Fsp3) is 0.200. The first-order valence-electron chi connectivity index (χ1n) is 8.17. The number of aryl methyl sites for hydroxylation is 2. The van der Waals surface area contributed by atoms with Gasteiger partial charge in [-0.2, -0.15) is 0 Å². The van der Waals surface area contributed by atoms with Crippen LogP contribution in [0.4, 0.5) is 0 Å². The first-order valence-corrected chi connectivity index (χ1v) is 8.17. The lowest BCUT2D eigenvalue weighted by molar-refractivity contribution is 0.0515. The lowest BCUT2D eigenvalue weighted by Crippen LogP contribution is -2.12. The van der Waals surface area contributed by atoms with Gasteiger partial charge in [0.05, 0.1) is 11.3 Å². The number of carbonyl (C=O) groups excluding carboxylic acids is 1. The van der Waals surface area contributed by atoms with Crippen molar-refractivity contribution in [1.29, 1.82) is 0 Å². The van der Waals surface area contributed by atoms with Gasteiger partial charge < -0.3 is 9.82 Å². The molecule has 2 aromatic carbocycles. The summed E-state index contributed by atoms with van der Waals surface area (Å²) in [6.45, 7) is 1.98. The van der Waals surface area contributed by atoms with Gasteiger partial charge in [-0.25, -0.2) is 4.79 Å². The highest BCUT2D eigenvalue weighted by molar-refractivity contribution is 6.12. The van der Waals surface area contributed by atoms with Gasteiger partial charge in [0.15, 0.2) is 0 Å². The molecule has 1 aliphatic rings. The van der Waals surface area contributed by atoms with Crippen molar-refractivity contribution >= 4 is 22.6 Å². The summed E-state index contributed by atoms with van der Waals surface area (Å²) in [5.74, 6) is -0.422. The summed E-state index contributed by atoms with van der Waals surface area (Å²) in [7, 11) is 0. The zero-order valence-electron chi connectivity index (χ0n) is 13.5. The van der Waals surface area contributed by atoms with Gasteiger partial charge in [0, 0.05) is 22.2 Å². The Labute approximate surface area is 140 Å². The van der Waals surface area contributed by atoms with Crippen LogP contribution in [0.1, 0.15) is 40.0 Å². The number of rotatable bonds is 2. The average Bonchev–Trinajstić information content (AvgIpc) is 2.99. The third kappa shape index (κ3) is 2.60. The molecule has 4 heteroatoms. The van der Waals surface area contributed by atoms with E-state index in [1.54, 1.807) is 12.1 Å². The van der Waals surface area contributed by atoms with Crippen LogP contribution in [0.2, 0.25) is 0 Å². The van der Waals surface area contributed by atoms with Gasteiger partial charge >= 0.3 is 5.97 Å². The Morgan fingerprint density at radius 3 is 2.71 bits per heavy atom. The monoisotopic (exact) mass is 318 g/mol. The zero-order chi connectivity index (χ0) is 16.5. The lowest BCUT2D eigenvalue weighted by atomic mass is 9.94. The number of hydrogen-bond acceptors (Lipinski definition) is 3. The normalized spacial score (nSPS) is 15.5. The summed E-state index contributed by atoms with van der Waals surface area (Å²) in [5.41, 5.74) is 5.82. The van der Waals surface area contributed by atoms with Gasteiger partial charge in [0.1, 0.15) is 0 Å².